The average molecular weight is 442 g/mol. The highest BCUT2D eigenvalue weighted by Gasteiger charge is 2.11. The van der Waals surface area contributed by atoms with Gasteiger partial charge in [0.15, 0.2) is 16.7 Å². The molecule has 0 radical (unpaired) electrons. The number of thioether (sulfide) groups is 1. The SMILES string of the molecule is CCOc1ccc(C(=O)NCCSc2ncc(-c3ccc(OC)cc3)[nH]2)cc1OCC. The van der Waals surface area contributed by atoms with E-state index in [-0.39, 0.29) is 5.91 Å². The van der Waals surface area contributed by atoms with Gasteiger partial charge in [-0.2, -0.15) is 0 Å². The Morgan fingerprint density at radius 3 is 2.52 bits per heavy atom. The second-order valence-electron chi connectivity index (χ2n) is 6.46. The molecule has 0 aliphatic carbocycles. The molecule has 3 aromatic rings. The second-order valence-corrected chi connectivity index (χ2v) is 7.55. The van der Waals surface area contributed by atoms with Gasteiger partial charge >= 0.3 is 0 Å². The Balaban J connectivity index is 1.50. The largest absolute Gasteiger partial charge is 0.497 e. The zero-order valence-corrected chi connectivity index (χ0v) is 18.8. The number of carbonyl (C=O) groups excluding carboxylic acids is 1. The van der Waals surface area contributed by atoms with Crippen molar-refractivity contribution in [2.75, 3.05) is 32.6 Å². The van der Waals surface area contributed by atoms with E-state index in [1.165, 1.54) is 0 Å². The molecule has 164 valence electrons. The van der Waals surface area contributed by atoms with Crippen LogP contribution in [0.3, 0.4) is 0 Å². The molecule has 1 heterocycles. The van der Waals surface area contributed by atoms with Crippen LogP contribution >= 0.6 is 11.8 Å². The number of aromatic amines is 1. The van der Waals surface area contributed by atoms with Crippen molar-refractivity contribution in [1.82, 2.24) is 15.3 Å². The monoisotopic (exact) mass is 441 g/mol. The molecule has 0 unspecified atom stereocenters. The van der Waals surface area contributed by atoms with Crippen LogP contribution in [-0.2, 0) is 0 Å². The Labute approximate surface area is 186 Å². The summed E-state index contributed by atoms with van der Waals surface area (Å²) < 4.78 is 16.3. The molecule has 0 aliphatic heterocycles. The molecule has 0 fully saturated rings. The summed E-state index contributed by atoms with van der Waals surface area (Å²) in [5.74, 6) is 2.57. The van der Waals surface area contributed by atoms with Crippen LogP contribution in [0.5, 0.6) is 17.2 Å². The van der Waals surface area contributed by atoms with Crippen LogP contribution in [0.25, 0.3) is 11.3 Å². The zero-order valence-electron chi connectivity index (χ0n) is 17.9. The molecule has 8 heteroatoms. The van der Waals surface area contributed by atoms with Crippen molar-refractivity contribution in [3.05, 3.63) is 54.2 Å². The lowest BCUT2D eigenvalue weighted by Crippen LogP contribution is -2.25. The van der Waals surface area contributed by atoms with Gasteiger partial charge in [0.1, 0.15) is 5.75 Å². The minimum Gasteiger partial charge on any atom is -0.497 e. The van der Waals surface area contributed by atoms with Crippen LogP contribution in [-0.4, -0.2) is 48.5 Å². The van der Waals surface area contributed by atoms with Crippen LogP contribution in [0.4, 0.5) is 0 Å². The van der Waals surface area contributed by atoms with Gasteiger partial charge in [0.05, 0.1) is 32.2 Å². The number of hydrogen-bond donors (Lipinski definition) is 2. The van der Waals surface area contributed by atoms with Crippen molar-refractivity contribution < 1.29 is 19.0 Å². The maximum absolute atomic E-state index is 12.5. The first-order chi connectivity index (χ1) is 15.1. The lowest BCUT2D eigenvalue weighted by Gasteiger charge is -2.12. The first-order valence-electron chi connectivity index (χ1n) is 10.1. The zero-order chi connectivity index (χ0) is 22.1. The number of carbonyl (C=O) groups is 1. The Morgan fingerprint density at radius 1 is 1.06 bits per heavy atom. The minimum atomic E-state index is -0.150. The van der Waals surface area contributed by atoms with Gasteiger partial charge in [-0.15, -0.1) is 0 Å². The topological polar surface area (TPSA) is 85.5 Å². The first kappa shape index (κ1) is 22.6. The van der Waals surface area contributed by atoms with Crippen molar-refractivity contribution in [2.24, 2.45) is 0 Å². The number of nitrogens with one attached hydrogen (secondary N) is 2. The van der Waals surface area contributed by atoms with Crippen LogP contribution in [0.2, 0.25) is 0 Å². The summed E-state index contributed by atoms with van der Waals surface area (Å²) in [4.78, 5) is 20.2. The predicted molar refractivity (Wildman–Crippen MR) is 122 cm³/mol. The molecular formula is C23H27N3O4S. The molecule has 0 aliphatic rings. The minimum absolute atomic E-state index is 0.150. The molecule has 2 aromatic carbocycles. The Kier molecular flexibility index (Phi) is 8.23. The lowest BCUT2D eigenvalue weighted by atomic mass is 10.2. The molecule has 0 spiro atoms. The molecule has 0 bridgehead atoms. The molecule has 3 rings (SSSR count). The highest BCUT2D eigenvalue weighted by molar-refractivity contribution is 7.99. The lowest BCUT2D eigenvalue weighted by molar-refractivity contribution is 0.0955. The third-order valence-corrected chi connectivity index (χ3v) is 5.27. The van der Waals surface area contributed by atoms with E-state index in [2.05, 4.69) is 15.3 Å². The Hall–Kier alpha value is -3.13. The van der Waals surface area contributed by atoms with Gasteiger partial charge in [0.2, 0.25) is 0 Å². The number of amides is 1. The fourth-order valence-electron chi connectivity index (χ4n) is 2.90. The van der Waals surface area contributed by atoms with Gasteiger partial charge in [-0.05, 0) is 61.9 Å². The Morgan fingerprint density at radius 2 is 1.81 bits per heavy atom. The van der Waals surface area contributed by atoms with Crippen molar-refractivity contribution in [2.45, 2.75) is 19.0 Å². The van der Waals surface area contributed by atoms with E-state index in [9.17, 15) is 4.79 Å². The summed E-state index contributed by atoms with van der Waals surface area (Å²) in [6, 6.07) is 13.0. The molecule has 0 saturated carbocycles. The molecular weight excluding hydrogens is 414 g/mol. The first-order valence-corrected chi connectivity index (χ1v) is 11.1. The summed E-state index contributed by atoms with van der Waals surface area (Å²) in [7, 11) is 1.65. The summed E-state index contributed by atoms with van der Waals surface area (Å²) in [6.07, 6.45) is 1.80. The van der Waals surface area contributed by atoms with Gasteiger partial charge in [-0.25, -0.2) is 4.98 Å². The van der Waals surface area contributed by atoms with E-state index >= 15 is 0 Å². The van der Waals surface area contributed by atoms with Crippen molar-refractivity contribution >= 4 is 17.7 Å². The maximum atomic E-state index is 12.5. The van der Waals surface area contributed by atoms with E-state index in [4.69, 9.17) is 14.2 Å². The smallest absolute Gasteiger partial charge is 0.251 e. The van der Waals surface area contributed by atoms with Gasteiger partial charge in [0.25, 0.3) is 5.91 Å². The van der Waals surface area contributed by atoms with E-state index in [1.807, 2.05) is 38.1 Å². The third kappa shape index (κ3) is 6.18. The number of rotatable bonds is 11. The normalized spacial score (nSPS) is 10.5. The number of methoxy groups -OCH3 is 1. The number of hydrogen-bond acceptors (Lipinski definition) is 6. The number of benzene rings is 2. The Bertz CT molecular complexity index is 989. The van der Waals surface area contributed by atoms with Gasteiger partial charge in [-0.1, -0.05) is 11.8 Å². The molecule has 1 aromatic heterocycles. The average Bonchev–Trinajstić information content (AvgIpc) is 3.27. The standard InChI is InChI=1S/C23H27N3O4S/c1-4-29-20-11-8-17(14-21(20)30-5-2)22(27)24-12-13-31-23-25-15-19(26-23)16-6-9-18(28-3)10-7-16/h6-11,14-15H,4-5,12-13H2,1-3H3,(H,24,27)(H,25,26). The molecule has 7 nitrogen and oxygen atoms in total. The number of H-pyrrole nitrogens is 1. The van der Waals surface area contributed by atoms with Crippen LogP contribution in [0.1, 0.15) is 24.2 Å². The quantitative estimate of drug-likeness (QED) is 0.339. The third-order valence-electron chi connectivity index (χ3n) is 4.39. The van der Waals surface area contributed by atoms with Gasteiger partial charge in [0, 0.05) is 17.9 Å². The summed E-state index contributed by atoms with van der Waals surface area (Å²) in [5, 5.41) is 3.73. The number of nitrogens with zero attached hydrogens (tertiary/aromatic N) is 1. The summed E-state index contributed by atoms with van der Waals surface area (Å²) >= 11 is 1.55. The molecule has 0 atom stereocenters. The maximum Gasteiger partial charge on any atom is 0.251 e. The second kappa shape index (κ2) is 11.3. The highest BCUT2D eigenvalue weighted by atomic mass is 32.2. The number of imidazole rings is 1. The van der Waals surface area contributed by atoms with E-state index < -0.39 is 0 Å². The van der Waals surface area contributed by atoms with Gasteiger partial charge < -0.3 is 24.5 Å². The number of ether oxygens (including phenoxy) is 3. The van der Waals surface area contributed by atoms with Crippen molar-refractivity contribution in [3.63, 3.8) is 0 Å². The van der Waals surface area contributed by atoms with E-state index in [0.717, 1.165) is 22.2 Å². The fourth-order valence-corrected chi connectivity index (χ4v) is 3.61. The predicted octanol–water partition coefficient (Wildman–Crippen LogP) is 4.40. The van der Waals surface area contributed by atoms with Crippen LogP contribution in [0.15, 0.2) is 53.8 Å². The van der Waals surface area contributed by atoms with Crippen LogP contribution < -0.4 is 19.5 Å². The molecule has 2 N–H and O–H groups in total. The van der Waals surface area contributed by atoms with Crippen molar-refractivity contribution in [3.8, 4) is 28.5 Å². The summed E-state index contributed by atoms with van der Waals surface area (Å²) in [6.45, 7) is 5.36. The van der Waals surface area contributed by atoms with Crippen LogP contribution in [0, 0.1) is 0 Å². The van der Waals surface area contributed by atoms with E-state index in [1.54, 1.807) is 43.3 Å². The highest BCUT2D eigenvalue weighted by Crippen LogP contribution is 2.28. The molecule has 31 heavy (non-hydrogen) atoms. The van der Waals surface area contributed by atoms with E-state index in [0.29, 0.717) is 42.6 Å². The molecule has 1 amide bonds. The van der Waals surface area contributed by atoms with Crippen molar-refractivity contribution in [1.29, 1.82) is 0 Å². The molecule has 0 saturated heterocycles. The summed E-state index contributed by atoms with van der Waals surface area (Å²) in [5.41, 5.74) is 2.51. The fraction of sp³-hybridized carbons (Fsp3) is 0.304. The van der Waals surface area contributed by atoms with Gasteiger partial charge in [-0.3, -0.25) is 4.79 Å². The number of aromatic nitrogens is 2.